The van der Waals surface area contributed by atoms with E-state index in [0.29, 0.717) is 17.2 Å². The quantitative estimate of drug-likeness (QED) is 0.557. The predicted octanol–water partition coefficient (Wildman–Crippen LogP) is 1.84. The zero-order valence-electron chi connectivity index (χ0n) is 5.58. The molecule has 1 N–H and O–H groups in total. The SMILES string of the molecule is O=CONc1cccc(Cl)c1. The maximum absolute atomic E-state index is 9.75. The first-order valence-corrected chi connectivity index (χ1v) is 3.31. The molecule has 0 radical (unpaired) electrons. The van der Waals surface area contributed by atoms with Crippen LogP contribution in [0, 0.1) is 0 Å². The lowest BCUT2D eigenvalue weighted by atomic mass is 10.3. The minimum Gasteiger partial charge on any atom is -0.347 e. The summed E-state index contributed by atoms with van der Waals surface area (Å²) in [6, 6.07) is 6.85. The van der Waals surface area contributed by atoms with Crippen molar-refractivity contribution >= 4 is 23.8 Å². The van der Waals surface area contributed by atoms with Crippen LogP contribution in [0.2, 0.25) is 5.02 Å². The summed E-state index contributed by atoms with van der Waals surface area (Å²) in [7, 11) is 0. The molecule has 4 heteroatoms. The summed E-state index contributed by atoms with van der Waals surface area (Å²) in [5.41, 5.74) is 3.03. The molecular weight excluding hydrogens is 166 g/mol. The van der Waals surface area contributed by atoms with Gasteiger partial charge in [-0.3, -0.25) is 4.79 Å². The fourth-order valence-corrected chi connectivity index (χ4v) is 0.834. The van der Waals surface area contributed by atoms with Crippen LogP contribution in [0.15, 0.2) is 24.3 Å². The van der Waals surface area contributed by atoms with Gasteiger partial charge in [-0.2, -0.15) is 0 Å². The Kier molecular flexibility index (Phi) is 2.74. The number of nitrogens with one attached hydrogen (secondary N) is 1. The molecule has 0 aliphatic rings. The number of halogens is 1. The Bertz CT molecular complexity index is 252. The van der Waals surface area contributed by atoms with Crippen LogP contribution in [0.1, 0.15) is 0 Å². The van der Waals surface area contributed by atoms with E-state index in [1.165, 1.54) is 0 Å². The maximum Gasteiger partial charge on any atom is 0.320 e. The molecule has 0 bridgehead atoms. The van der Waals surface area contributed by atoms with Gasteiger partial charge in [0.1, 0.15) is 0 Å². The highest BCUT2D eigenvalue weighted by atomic mass is 35.5. The number of hydrogen-bond acceptors (Lipinski definition) is 3. The van der Waals surface area contributed by atoms with E-state index in [4.69, 9.17) is 11.6 Å². The van der Waals surface area contributed by atoms with Crippen molar-refractivity contribution in [1.29, 1.82) is 0 Å². The highest BCUT2D eigenvalue weighted by molar-refractivity contribution is 6.30. The normalized spacial score (nSPS) is 8.82. The van der Waals surface area contributed by atoms with Crippen molar-refractivity contribution in [3.8, 4) is 0 Å². The van der Waals surface area contributed by atoms with Crippen molar-refractivity contribution in [3.63, 3.8) is 0 Å². The Labute approximate surface area is 68.9 Å². The molecule has 0 saturated heterocycles. The molecule has 1 rings (SSSR count). The number of benzene rings is 1. The Balaban J connectivity index is 2.63. The first-order valence-electron chi connectivity index (χ1n) is 2.94. The number of carbonyl (C=O) groups is 1. The molecule has 1 aromatic carbocycles. The number of carbonyl (C=O) groups excluding carboxylic acids is 1. The molecule has 0 amide bonds. The van der Waals surface area contributed by atoms with Crippen LogP contribution in [0.4, 0.5) is 5.69 Å². The van der Waals surface area contributed by atoms with E-state index < -0.39 is 0 Å². The van der Waals surface area contributed by atoms with Gasteiger partial charge in [-0.25, -0.2) is 5.48 Å². The van der Waals surface area contributed by atoms with Gasteiger partial charge in [0.05, 0.1) is 5.69 Å². The Morgan fingerprint density at radius 2 is 2.36 bits per heavy atom. The van der Waals surface area contributed by atoms with Crippen LogP contribution in [0.5, 0.6) is 0 Å². The minimum atomic E-state index is 0.306. The molecule has 0 saturated carbocycles. The molecule has 0 aromatic heterocycles. The topological polar surface area (TPSA) is 38.3 Å². The third-order valence-electron chi connectivity index (χ3n) is 1.05. The van der Waals surface area contributed by atoms with Gasteiger partial charge in [-0.1, -0.05) is 17.7 Å². The monoisotopic (exact) mass is 171 g/mol. The Morgan fingerprint density at radius 3 is 3.00 bits per heavy atom. The van der Waals surface area contributed by atoms with E-state index in [0.717, 1.165) is 0 Å². The molecule has 0 unspecified atom stereocenters. The summed E-state index contributed by atoms with van der Waals surface area (Å²) in [5, 5.41) is 0.587. The lowest BCUT2D eigenvalue weighted by molar-refractivity contribution is -0.126. The molecule has 0 aliphatic heterocycles. The maximum atomic E-state index is 9.75. The lowest BCUT2D eigenvalue weighted by Gasteiger charge is -2.00. The van der Waals surface area contributed by atoms with Crippen LogP contribution >= 0.6 is 11.6 Å². The van der Waals surface area contributed by atoms with Crippen LogP contribution in [0.3, 0.4) is 0 Å². The zero-order valence-corrected chi connectivity index (χ0v) is 6.34. The fraction of sp³-hybridized carbons (Fsp3) is 0. The molecule has 0 aliphatic carbocycles. The summed E-state index contributed by atoms with van der Waals surface area (Å²) >= 11 is 5.64. The average molecular weight is 172 g/mol. The highest BCUT2D eigenvalue weighted by Crippen LogP contribution is 2.14. The third kappa shape index (κ3) is 2.47. The Morgan fingerprint density at radius 1 is 1.55 bits per heavy atom. The van der Waals surface area contributed by atoms with Crippen LogP contribution in [-0.4, -0.2) is 6.47 Å². The van der Waals surface area contributed by atoms with Gasteiger partial charge in [0.2, 0.25) is 0 Å². The number of rotatable bonds is 3. The molecule has 0 spiro atoms. The van der Waals surface area contributed by atoms with E-state index in [1.807, 2.05) is 0 Å². The van der Waals surface area contributed by atoms with Gasteiger partial charge in [0.15, 0.2) is 0 Å². The summed E-state index contributed by atoms with van der Waals surface area (Å²) < 4.78 is 0. The van der Waals surface area contributed by atoms with Crippen molar-refractivity contribution in [3.05, 3.63) is 29.3 Å². The van der Waals surface area contributed by atoms with Crippen molar-refractivity contribution in [2.24, 2.45) is 0 Å². The third-order valence-corrected chi connectivity index (χ3v) is 1.28. The molecule has 11 heavy (non-hydrogen) atoms. The largest absolute Gasteiger partial charge is 0.347 e. The van der Waals surface area contributed by atoms with Crippen molar-refractivity contribution < 1.29 is 9.63 Å². The summed E-state index contributed by atoms with van der Waals surface area (Å²) in [5.74, 6) is 0. The molecule has 1 aromatic rings. The molecule has 0 fully saturated rings. The van der Waals surface area contributed by atoms with E-state index in [1.54, 1.807) is 24.3 Å². The summed E-state index contributed by atoms with van der Waals surface area (Å²) in [6.45, 7) is 0.306. The van der Waals surface area contributed by atoms with Crippen molar-refractivity contribution in [2.75, 3.05) is 5.48 Å². The van der Waals surface area contributed by atoms with E-state index >= 15 is 0 Å². The summed E-state index contributed by atoms with van der Waals surface area (Å²) in [6.07, 6.45) is 0. The molecular formula is C7H6ClNO2. The van der Waals surface area contributed by atoms with Crippen molar-refractivity contribution in [2.45, 2.75) is 0 Å². The molecule has 3 nitrogen and oxygen atoms in total. The van der Waals surface area contributed by atoms with Gasteiger partial charge in [-0.05, 0) is 18.2 Å². The van der Waals surface area contributed by atoms with Gasteiger partial charge in [0, 0.05) is 5.02 Å². The minimum absolute atomic E-state index is 0.306. The second-order valence-electron chi connectivity index (χ2n) is 1.83. The Hall–Kier alpha value is -1.22. The van der Waals surface area contributed by atoms with Gasteiger partial charge >= 0.3 is 6.47 Å². The van der Waals surface area contributed by atoms with Gasteiger partial charge < -0.3 is 4.84 Å². The molecule has 0 heterocycles. The molecule has 58 valence electrons. The lowest BCUT2D eigenvalue weighted by Crippen LogP contribution is -1.97. The van der Waals surface area contributed by atoms with Crippen LogP contribution in [0.25, 0.3) is 0 Å². The smallest absolute Gasteiger partial charge is 0.320 e. The zero-order chi connectivity index (χ0) is 8.10. The summed E-state index contributed by atoms with van der Waals surface area (Å²) in [4.78, 5) is 14.0. The average Bonchev–Trinajstić information content (AvgIpc) is 2.01. The second kappa shape index (κ2) is 3.83. The van der Waals surface area contributed by atoms with Crippen molar-refractivity contribution in [1.82, 2.24) is 0 Å². The van der Waals surface area contributed by atoms with E-state index in [9.17, 15) is 4.79 Å². The number of anilines is 1. The fourth-order valence-electron chi connectivity index (χ4n) is 0.644. The first kappa shape index (κ1) is 7.88. The predicted molar refractivity (Wildman–Crippen MR) is 42.2 cm³/mol. The van der Waals surface area contributed by atoms with Crippen LogP contribution in [-0.2, 0) is 9.63 Å². The van der Waals surface area contributed by atoms with E-state index in [-0.39, 0.29) is 0 Å². The molecule has 0 atom stereocenters. The van der Waals surface area contributed by atoms with E-state index in [2.05, 4.69) is 10.3 Å². The first-order chi connectivity index (χ1) is 5.33. The second-order valence-corrected chi connectivity index (χ2v) is 2.26. The standard InChI is InChI=1S/C7H6ClNO2/c8-6-2-1-3-7(4-6)9-11-5-10/h1-5,9H. The van der Waals surface area contributed by atoms with Gasteiger partial charge in [0.25, 0.3) is 0 Å². The van der Waals surface area contributed by atoms with Crippen LogP contribution < -0.4 is 5.48 Å². The highest BCUT2D eigenvalue weighted by Gasteiger charge is 1.90. The van der Waals surface area contributed by atoms with Gasteiger partial charge in [-0.15, -0.1) is 0 Å². The number of hydrogen-bond donors (Lipinski definition) is 1.